The van der Waals surface area contributed by atoms with Crippen molar-refractivity contribution in [1.82, 2.24) is 5.32 Å². The molecule has 3 N–H and O–H groups in total. The Hall–Kier alpha value is -2.84. The van der Waals surface area contributed by atoms with Crippen molar-refractivity contribution in [3.63, 3.8) is 0 Å². The lowest BCUT2D eigenvalue weighted by molar-refractivity contribution is -0.870. The van der Waals surface area contributed by atoms with Crippen molar-refractivity contribution in [2.24, 2.45) is 0 Å². The van der Waals surface area contributed by atoms with Gasteiger partial charge in [-0.3, -0.25) is 13.8 Å². The Bertz CT molecular complexity index is 1490. The minimum atomic E-state index is -4.34. The minimum Gasteiger partial charge on any atom is -0.387 e. The van der Waals surface area contributed by atoms with Gasteiger partial charge < -0.3 is 19.8 Å². The molecule has 0 saturated heterocycles. The number of allylic oxidation sites excluding steroid dienone is 17. The quantitative estimate of drug-likeness (QED) is 0.0243. The number of aliphatic hydroxyl groups is 1. The van der Waals surface area contributed by atoms with E-state index in [0.717, 1.165) is 89.9 Å². The molecule has 0 saturated carbocycles. The predicted octanol–water partition coefficient (Wildman–Crippen LogP) is 16.8. The first-order valence-corrected chi connectivity index (χ1v) is 29.3. The molecule has 69 heavy (non-hydrogen) atoms. The molecule has 0 heterocycles. The van der Waals surface area contributed by atoms with Crippen LogP contribution in [0.1, 0.15) is 213 Å². The lowest BCUT2D eigenvalue weighted by Gasteiger charge is -2.25. The molecule has 3 unspecified atom stereocenters. The molecular formula is C60H106N2O6P+. The van der Waals surface area contributed by atoms with Crippen molar-refractivity contribution in [1.29, 1.82) is 0 Å². The van der Waals surface area contributed by atoms with Gasteiger partial charge in [-0.2, -0.15) is 0 Å². The maximum absolute atomic E-state index is 12.9. The molecular weight excluding hydrogens is 876 g/mol. The lowest BCUT2D eigenvalue weighted by Crippen LogP contribution is -2.45. The number of carbonyl (C=O) groups excluding carboxylic acids is 1. The van der Waals surface area contributed by atoms with Gasteiger partial charge in [0, 0.05) is 6.42 Å². The molecule has 0 aromatic rings. The second-order valence-corrected chi connectivity index (χ2v) is 21.0. The Balaban J connectivity index is 4.04. The van der Waals surface area contributed by atoms with Gasteiger partial charge >= 0.3 is 7.82 Å². The zero-order chi connectivity index (χ0) is 50.6. The first-order valence-electron chi connectivity index (χ1n) is 27.8. The summed E-state index contributed by atoms with van der Waals surface area (Å²) in [6, 6.07) is -0.852. The molecule has 0 aliphatic heterocycles. The number of carbonyl (C=O) groups is 1. The Morgan fingerprint density at radius 2 is 0.870 bits per heavy atom. The third kappa shape index (κ3) is 52.8. The van der Waals surface area contributed by atoms with Gasteiger partial charge in [0.2, 0.25) is 5.91 Å². The molecule has 1 amide bonds. The van der Waals surface area contributed by atoms with Crippen LogP contribution in [-0.2, 0) is 18.4 Å². The zero-order valence-electron chi connectivity index (χ0n) is 45.0. The van der Waals surface area contributed by atoms with Crippen LogP contribution in [-0.4, -0.2) is 73.4 Å². The molecule has 0 bridgehead atoms. The topological polar surface area (TPSA) is 105 Å². The van der Waals surface area contributed by atoms with Gasteiger partial charge in [-0.15, -0.1) is 0 Å². The predicted molar refractivity (Wildman–Crippen MR) is 299 cm³/mol. The second-order valence-electron chi connectivity index (χ2n) is 19.6. The van der Waals surface area contributed by atoms with Crippen LogP contribution < -0.4 is 5.32 Å². The Morgan fingerprint density at radius 3 is 1.28 bits per heavy atom. The number of nitrogens with one attached hydrogen (secondary N) is 1. The number of likely N-dealkylation sites (N-methyl/N-ethyl adjacent to an activating group) is 1. The fraction of sp³-hybridized carbons (Fsp3) is 0.683. The van der Waals surface area contributed by atoms with E-state index >= 15 is 0 Å². The highest BCUT2D eigenvalue weighted by Gasteiger charge is 2.27. The van der Waals surface area contributed by atoms with E-state index in [4.69, 9.17) is 9.05 Å². The summed E-state index contributed by atoms with van der Waals surface area (Å²) in [5.74, 6) is -0.186. The number of hydrogen-bond acceptors (Lipinski definition) is 5. The van der Waals surface area contributed by atoms with E-state index in [0.29, 0.717) is 17.4 Å². The van der Waals surface area contributed by atoms with E-state index in [1.54, 1.807) is 6.08 Å². The summed E-state index contributed by atoms with van der Waals surface area (Å²) in [6.07, 6.45) is 73.4. The standard InChI is InChI=1S/C60H105N2O6P/c1-6-8-10-12-14-16-18-19-20-21-22-23-24-25-26-27-28-29-30-31-32-33-34-35-36-37-38-39-40-41-42-43-44-46-48-50-52-54-60(64)61-58(57-68-69(65,66)67-56-55-62(3,4)5)59(63)53-51-49-47-45-17-15-13-11-9-7-2/h8,10,14,16,19-20,22-23,25-26,28-29,31-32,34-35,51,53,58-59,63H,6-7,9,11-13,15,17-18,21,24,27,30,33,36-50,52,54-57H2,1-5H3,(H-,61,64,65,66)/p+1/b10-8-,16-14-,20-19-,23-22-,26-25-,29-28-,32-31-,35-34-,53-51+. The van der Waals surface area contributed by atoms with Crippen LogP contribution in [0.5, 0.6) is 0 Å². The molecule has 3 atom stereocenters. The maximum Gasteiger partial charge on any atom is 0.472 e. The van der Waals surface area contributed by atoms with E-state index in [9.17, 15) is 19.4 Å². The SMILES string of the molecule is CC/C=C\C/C=C\C/C=C\C/C=C\C/C=C\C/C=C\C/C=C\C/C=C\CCCCCCCCCCCCCCC(=O)NC(COP(=O)(O)OCC[N+](C)(C)C)C(O)/C=C/CCCCCCCCCC. The highest BCUT2D eigenvalue weighted by molar-refractivity contribution is 7.47. The van der Waals surface area contributed by atoms with Gasteiger partial charge in [0.25, 0.3) is 0 Å². The molecule has 8 nitrogen and oxygen atoms in total. The lowest BCUT2D eigenvalue weighted by atomic mass is 10.0. The van der Waals surface area contributed by atoms with Crippen molar-refractivity contribution in [2.75, 3.05) is 40.9 Å². The number of phosphoric acid groups is 1. The van der Waals surface area contributed by atoms with Gasteiger partial charge in [-0.1, -0.05) is 232 Å². The zero-order valence-corrected chi connectivity index (χ0v) is 45.9. The Morgan fingerprint density at radius 1 is 0.507 bits per heavy atom. The van der Waals surface area contributed by atoms with Gasteiger partial charge in [0.05, 0.1) is 39.9 Å². The van der Waals surface area contributed by atoms with Gasteiger partial charge in [0.1, 0.15) is 13.2 Å². The fourth-order valence-electron chi connectivity index (χ4n) is 7.41. The van der Waals surface area contributed by atoms with E-state index in [2.05, 4.69) is 116 Å². The molecule has 0 rings (SSSR count). The average molecular weight is 982 g/mol. The number of nitrogens with zero attached hydrogens (tertiary/aromatic N) is 1. The smallest absolute Gasteiger partial charge is 0.387 e. The number of quaternary nitrogens is 1. The minimum absolute atomic E-state index is 0.0567. The van der Waals surface area contributed by atoms with E-state index < -0.39 is 20.0 Å². The summed E-state index contributed by atoms with van der Waals surface area (Å²) < 4.78 is 23.6. The molecule has 0 aliphatic carbocycles. The van der Waals surface area contributed by atoms with E-state index in [-0.39, 0.29) is 19.1 Å². The number of rotatable bonds is 49. The van der Waals surface area contributed by atoms with Crippen molar-refractivity contribution in [3.8, 4) is 0 Å². The molecule has 0 aromatic carbocycles. The third-order valence-corrected chi connectivity index (χ3v) is 12.7. The number of unbranched alkanes of at least 4 members (excludes halogenated alkanes) is 20. The van der Waals surface area contributed by atoms with Crippen LogP contribution in [0.2, 0.25) is 0 Å². The number of aliphatic hydroxyl groups excluding tert-OH is 1. The van der Waals surface area contributed by atoms with Crippen molar-refractivity contribution >= 4 is 13.7 Å². The summed E-state index contributed by atoms with van der Waals surface area (Å²) in [4.78, 5) is 23.2. The van der Waals surface area contributed by atoms with Crippen LogP contribution in [0.15, 0.2) is 109 Å². The summed E-state index contributed by atoms with van der Waals surface area (Å²) in [5.41, 5.74) is 0. The highest BCUT2D eigenvalue weighted by atomic mass is 31.2. The molecule has 0 radical (unpaired) electrons. The van der Waals surface area contributed by atoms with Gasteiger partial charge in [-0.05, 0) is 83.5 Å². The largest absolute Gasteiger partial charge is 0.472 e. The summed E-state index contributed by atoms with van der Waals surface area (Å²) in [6.45, 7) is 4.66. The molecule has 0 fully saturated rings. The van der Waals surface area contributed by atoms with Crippen molar-refractivity contribution in [2.45, 2.75) is 225 Å². The van der Waals surface area contributed by atoms with E-state index in [1.165, 1.54) is 103 Å². The van der Waals surface area contributed by atoms with Crippen LogP contribution >= 0.6 is 7.82 Å². The number of amides is 1. The monoisotopic (exact) mass is 982 g/mol. The Kier molecular flexibility index (Phi) is 48.1. The summed E-state index contributed by atoms with van der Waals surface area (Å²) in [7, 11) is 1.56. The van der Waals surface area contributed by atoms with Gasteiger partial charge in [-0.25, -0.2) is 4.57 Å². The summed E-state index contributed by atoms with van der Waals surface area (Å²) in [5, 5.41) is 13.8. The maximum atomic E-state index is 12.9. The molecule has 0 aromatic heterocycles. The van der Waals surface area contributed by atoms with E-state index in [1.807, 2.05) is 27.2 Å². The van der Waals surface area contributed by atoms with Crippen LogP contribution in [0.4, 0.5) is 0 Å². The molecule has 396 valence electrons. The first-order chi connectivity index (χ1) is 33.5. The summed E-state index contributed by atoms with van der Waals surface area (Å²) >= 11 is 0. The van der Waals surface area contributed by atoms with Crippen LogP contribution in [0.3, 0.4) is 0 Å². The first kappa shape index (κ1) is 66.2. The average Bonchev–Trinajstić information content (AvgIpc) is 3.31. The molecule has 0 aliphatic rings. The Labute approximate surface area is 425 Å². The highest BCUT2D eigenvalue weighted by Crippen LogP contribution is 2.43. The van der Waals surface area contributed by atoms with Crippen LogP contribution in [0.25, 0.3) is 0 Å². The van der Waals surface area contributed by atoms with Crippen molar-refractivity contribution < 1.29 is 32.9 Å². The second kappa shape index (κ2) is 50.1. The fourth-order valence-corrected chi connectivity index (χ4v) is 8.15. The number of phosphoric ester groups is 1. The van der Waals surface area contributed by atoms with Gasteiger partial charge in [0.15, 0.2) is 0 Å². The number of hydrogen-bond donors (Lipinski definition) is 3. The molecule has 0 spiro atoms. The van der Waals surface area contributed by atoms with Crippen LogP contribution in [0, 0.1) is 0 Å². The third-order valence-electron chi connectivity index (χ3n) is 11.7. The molecule has 9 heteroatoms. The van der Waals surface area contributed by atoms with Crippen molar-refractivity contribution in [3.05, 3.63) is 109 Å². The normalized spacial score (nSPS) is 14.8.